The van der Waals surface area contributed by atoms with Crippen molar-refractivity contribution in [2.24, 2.45) is 0 Å². The molecule has 0 radical (unpaired) electrons. The van der Waals surface area contributed by atoms with Crippen molar-refractivity contribution >= 4 is 18.0 Å². The minimum absolute atomic E-state index is 0.0322. The number of ether oxygens (including phenoxy) is 2. The third kappa shape index (κ3) is 7.96. The van der Waals surface area contributed by atoms with Gasteiger partial charge >= 0.3 is 12.1 Å². The van der Waals surface area contributed by atoms with E-state index in [9.17, 15) is 18.8 Å². The predicted octanol–water partition coefficient (Wildman–Crippen LogP) is 3.56. The van der Waals surface area contributed by atoms with Crippen LogP contribution in [0.25, 0.3) is 0 Å². The van der Waals surface area contributed by atoms with Gasteiger partial charge in [0.2, 0.25) is 5.91 Å². The van der Waals surface area contributed by atoms with E-state index in [1.807, 2.05) is 60.7 Å². The highest BCUT2D eigenvalue weighted by atomic mass is 19.1. The first-order valence-corrected chi connectivity index (χ1v) is 11.1. The number of halogens is 1. The molecule has 2 amide bonds. The molecule has 0 heterocycles. The van der Waals surface area contributed by atoms with Gasteiger partial charge in [-0.25, -0.2) is 14.0 Å². The molecule has 2 atom stereocenters. The lowest BCUT2D eigenvalue weighted by Crippen LogP contribution is -2.53. The Hall–Kier alpha value is -4.20. The van der Waals surface area contributed by atoms with E-state index < -0.39 is 35.9 Å². The van der Waals surface area contributed by atoms with Gasteiger partial charge in [-0.3, -0.25) is 4.79 Å². The van der Waals surface area contributed by atoms with Crippen LogP contribution in [0.5, 0.6) is 0 Å². The van der Waals surface area contributed by atoms with E-state index in [0.29, 0.717) is 0 Å². The first-order chi connectivity index (χ1) is 17.0. The SMILES string of the molecule is COC(=O)[C@H](Cc1ccccc1F)NC(=O)[C@@H](Cc1ccccc1)NC(=O)OCc1ccccc1. The first-order valence-electron chi connectivity index (χ1n) is 11.1. The zero-order valence-electron chi connectivity index (χ0n) is 19.3. The van der Waals surface area contributed by atoms with Crippen molar-refractivity contribution in [3.05, 3.63) is 107 Å². The third-order valence-electron chi connectivity index (χ3n) is 5.29. The molecule has 0 aliphatic heterocycles. The summed E-state index contributed by atoms with van der Waals surface area (Å²) in [7, 11) is 1.18. The Balaban J connectivity index is 1.72. The standard InChI is InChI=1S/C27H27FN2O5/c1-34-26(32)24(17-21-14-8-9-15-22(21)28)29-25(31)23(16-19-10-4-2-5-11-19)30-27(33)35-18-20-12-6-3-7-13-20/h2-15,23-24H,16-18H2,1H3,(H,29,31)(H,30,33)/t23-,24+/m1/s1. The van der Waals surface area contributed by atoms with Crippen LogP contribution in [0.3, 0.4) is 0 Å². The van der Waals surface area contributed by atoms with E-state index in [1.54, 1.807) is 6.07 Å². The summed E-state index contributed by atoms with van der Waals surface area (Å²) in [5, 5.41) is 5.17. The van der Waals surface area contributed by atoms with E-state index in [2.05, 4.69) is 10.6 Å². The lowest BCUT2D eigenvalue weighted by Gasteiger charge is -2.22. The Bertz CT molecular complexity index is 1120. The number of amides is 2. The summed E-state index contributed by atoms with van der Waals surface area (Å²) in [6, 6.07) is 22.0. The number of nitrogens with one attached hydrogen (secondary N) is 2. The fourth-order valence-corrected chi connectivity index (χ4v) is 3.46. The largest absolute Gasteiger partial charge is 0.467 e. The number of benzene rings is 3. The normalized spacial score (nSPS) is 12.2. The summed E-state index contributed by atoms with van der Waals surface area (Å²) in [6.45, 7) is 0.0322. The molecule has 3 aromatic carbocycles. The van der Waals surface area contributed by atoms with Crippen LogP contribution in [-0.2, 0) is 38.5 Å². The number of rotatable bonds is 10. The number of esters is 1. The van der Waals surface area contributed by atoms with Crippen molar-refractivity contribution in [2.45, 2.75) is 31.5 Å². The molecule has 35 heavy (non-hydrogen) atoms. The van der Waals surface area contributed by atoms with Crippen LogP contribution in [0.15, 0.2) is 84.9 Å². The Morgan fingerprint density at radius 2 is 1.37 bits per heavy atom. The molecule has 3 aromatic rings. The topological polar surface area (TPSA) is 93.7 Å². The highest BCUT2D eigenvalue weighted by molar-refractivity contribution is 5.90. The van der Waals surface area contributed by atoms with E-state index >= 15 is 0 Å². The lowest BCUT2D eigenvalue weighted by molar-refractivity contribution is -0.145. The Labute approximate surface area is 203 Å². The zero-order valence-corrected chi connectivity index (χ0v) is 19.3. The van der Waals surface area contributed by atoms with E-state index in [4.69, 9.17) is 9.47 Å². The van der Waals surface area contributed by atoms with E-state index in [1.165, 1.54) is 25.3 Å². The third-order valence-corrected chi connectivity index (χ3v) is 5.29. The summed E-state index contributed by atoms with van der Waals surface area (Å²) < 4.78 is 24.2. The fraction of sp³-hybridized carbons (Fsp3) is 0.222. The molecule has 2 N–H and O–H groups in total. The van der Waals surface area contributed by atoms with Crippen molar-refractivity contribution < 1.29 is 28.2 Å². The summed E-state index contributed by atoms with van der Waals surface area (Å²) >= 11 is 0. The summed E-state index contributed by atoms with van der Waals surface area (Å²) in [6.07, 6.45) is -0.740. The average Bonchev–Trinajstić information content (AvgIpc) is 2.88. The van der Waals surface area contributed by atoms with E-state index in [-0.39, 0.29) is 25.0 Å². The molecular formula is C27H27FN2O5. The second kappa shape index (κ2) is 12.9. The van der Waals surface area contributed by atoms with Gasteiger partial charge in [0.05, 0.1) is 7.11 Å². The van der Waals surface area contributed by atoms with Crippen molar-refractivity contribution in [3.63, 3.8) is 0 Å². The molecule has 0 aliphatic rings. The molecule has 0 aromatic heterocycles. The molecular weight excluding hydrogens is 451 g/mol. The monoisotopic (exact) mass is 478 g/mol. The van der Waals surface area contributed by atoms with Crippen LogP contribution in [0, 0.1) is 5.82 Å². The van der Waals surface area contributed by atoms with Gasteiger partial charge in [0.15, 0.2) is 0 Å². The zero-order chi connectivity index (χ0) is 25.0. The van der Waals surface area contributed by atoms with Crippen molar-refractivity contribution in [2.75, 3.05) is 7.11 Å². The minimum Gasteiger partial charge on any atom is -0.467 e. The van der Waals surface area contributed by atoms with Gasteiger partial charge in [0, 0.05) is 12.8 Å². The lowest BCUT2D eigenvalue weighted by atomic mass is 10.0. The second-order valence-electron chi connectivity index (χ2n) is 7.83. The van der Waals surface area contributed by atoms with Crippen LogP contribution >= 0.6 is 0 Å². The molecule has 0 aliphatic carbocycles. The summed E-state index contributed by atoms with van der Waals surface area (Å²) in [5.41, 5.74) is 1.83. The number of carbonyl (C=O) groups is 3. The van der Waals surface area contributed by atoms with Crippen molar-refractivity contribution in [1.29, 1.82) is 0 Å². The molecule has 0 unspecified atom stereocenters. The molecule has 0 bridgehead atoms. The molecule has 0 fully saturated rings. The van der Waals surface area contributed by atoms with Gasteiger partial charge in [-0.2, -0.15) is 0 Å². The van der Waals surface area contributed by atoms with Gasteiger partial charge in [0.25, 0.3) is 0 Å². The van der Waals surface area contributed by atoms with Crippen molar-refractivity contribution in [1.82, 2.24) is 10.6 Å². The van der Waals surface area contributed by atoms with Gasteiger partial charge in [-0.15, -0.1) is 0 Å². The summed E-state index contributed by atoms with van der Waals surface area (Å²) in [4.78, 5) is 38.0. The number of methoxy groups -OCH3 is 1. The fourth-order valence-electron chi connectivity index (χ4n) is 3.46. The Morgan fingerprint density at radius 3 is 2.00 bits per heavy atom. The van der Waals surface area contributed by atoms with E-state index in [0.717, 1.165) is 11.1 Å². The van der Waals surface area contributed by atoms with Crippen LogP contribution in [-0.4, -0.2) is 37.2 Å². The second-order valence-corrected chi connectivity index (χ2v) is 7.83. The molecule has 0 spiro atoms. The number of hydrogen-bond donors (Lipinski definition) is 2. The van der Waals surface area contributed by atoms with Gasteiger partial charge < -0.3 is 20.1 Å². The minimum atomic E-state index is -1.15. The van der Waals surface area contributed by atoms with Crippen LogP contribution in [0.1, 0.15) is 16.7 Å². The molecule has 182 valence electrons. The quantitative estimate of drug-likeness (QED) is 0.435. The Kier molecular flexibility index (Phi) is 9.36. The van der Waals surface area contributed by atoms with Gasteiger partial charge in [-0.05, 0) is 22.8 Å². The smallest absolute Gasteiger partial charge is 0.408 e. The number of carbonyl (C=O) groups excluding carboxylic acids is 3. The highest BCUT2D eigenvalue weighted by Gasteiger charge is 2.28. The maximum absolute atomic E-state index is 14.2. The van der Waals surface area contributed by atoms with Crippen LogP contribution in [0.2, 0.25) is 0 Å². The van der Waals surface area contributed by atoms with Gasteiger partial charge in [-0.1, -0.05) is 78.9 Å². The number of hydrogen-bond acceptors (Lipinski definition) is 5. The van der Waals surface area contributed by atoms with Crippen LogP contribution < -0.4 is 10.6 Å². The van der Waals surface area contributed by atoms with Crippen LogP contribution in [0.4, 0.5) is 9.18 Å². The van der Waals surface area contributed by atoms with Gasteiger partial charge in [0.1, 0.15) is 24.5 Å². The maximum atomic E-state index is 14.2. The molecule has 8 heteroatoms. The van der Waals surface area contributed by atoms with Crippen molar-refractivity contribution in [3.8, 4) is 0 Å². The molecule has 0 saturated carbocycles. The molecule has 0 saturated heterocycles. The number of alkyl carbamates (subject to hydrolysis) is 1. The maximum Gasteiger partial charge on any atom is 0.408 e. The average molecular weight is 479 g/mol. The first kappa shape index (κ1) is 25.4. The summed E-state index contributed by atoms with van der Waals surface area (Å²) in [5.74, 6) is -1.86. The molecule has 3 rings (SSSR count). The predicted molar refractivity (Wildman–Crippen MR) is 128 cm³/mol. The highest BCUT2D eigenvalue weighted by Crippen LogP contribution is 2.11. The Morgan fingerprint density at radius 1 is 0.771 bits per heavy atom. The molecule has 7 nitrogen and oxygen atoms in total.